The quantitative estimate of drug-likeness (QED) is 0.626. The van der Waals surface area contributed by atoms with E-state index in [2.05, 4.69) is 15.6 Å². The number of hydrogen-bond acceptors (Lipinski definition) is 5. The molecule has 1 saturated carbocycles. The fraction of sp³-hybridized carbons (Fsp3) is 0.350. The van der Waals surface area contributed by atoms with Crippen LogP contribution in [0.15, 0.2) is 59.8 Å². The predicted molar refractivity (Wildman–Crippen MR) is 107 cm³/mol. The van der Waals surface area contributed by atoms with Crippen molar-refractivity contribution in [2.75, 3.05) is 13.6 Å². The highest BCUT2D eigenvalue weighted by Crippen LogP contribution is 2.19. The first-order valence-corrected chi connectivity index (χ1v) is 10.8. The molecule has 2 aromatic rings. The van der Waals surface area contributed by atoms with Gasteiger partial charge in [0.2, 0.25) is 21.8 Å². The molecule has 2 amide bonds. The molecule has 1 aromatic heterocycles. The molecule has 0 radical (unpaired) electrons. The van der Waals surface area contributed by atoms with Crippen molar-refractivity contribution >= 4 is 21.8 Å². The average molecular weight is 417 g/mol. The Balaban J connectivity index is 1.66. The van der Waals surface area contributed by atoms with Crippen LogP contribution in [0.4, 0.5) is 0 Å². The summed E-state index contributed by atoms with van der Waals surface area (Å²) >= 11 is 0. The maximum atomic E-state index is 12.6. The summed E-state index contributed by atoms with van der Waals surface area (Å²) in [6, 6.07) is 11.7. The fourth-order valence-electron chi connectivity index (χ4n) is 2.80. The van der Waals surface area contributed by atoms with E-state index in [1.165, 1.54) is 31.6 Å². The molecule has 2 N–H and O–H groups in total. The Hall–Kier alpha value is -2.78. The monoisotopic (exact) mass is 416 g/mol. The molecule has 1 heterocycles. The van der Waals surface area contributed by atoms with Crippen molar-refractivity contribution in [1.29, 1.82) is 0 Å². The largest absolute Gasteiger partial charge is 0.352 e. The van der Waals surface area contributed by atoms with Gasteiger partial charge in [-0.25, -0.2) is 8.42 Å². The molecule has 8 nitrogen and oxygen atoms in total. The van der Waals surface area contributed by atoms with Gasteiger partial charge in [0.15, 0.2) is 0 Å². The number of likely N-dealkylation sites (N-methyl/N-ethyl adjacent to an activating group) is 1. The van der Waals surface area contributed by atoms with E-state index in [0.29, 0.717) is 6.42 Å². The van der Waals surface area contributed by atoms with Crippen molar-refractivity contribution < 1.29 is 18.0 Å². The standard InChI is InChI=1S/C20H24N4O4S/c1-24(29(27,28)17-8-5-11-21-13-17)14-19(25)23-18(20(26)22-16-9-10-16)12-15-6-3-2-4-7-15/h2-8,11,13,16,18H,9-10,12,14H2,1H3,(H,22,26)(H,23,25). The maximum Gasteiger partial charge on any atom is 0.244 e. The van der Waals surface area contributed by atoms with E-state index in [1.807, 2.05) is 30.3 Å². The van der Waals surface area contributed by atoms with E-state index in [9.17, 15) is 18.0 Å². The number of benzene rings is 1. The Morgan fingerprint density at radius 1 is 1.17 bits per heavy atom. The molecular formula is C20H24N4O4S. The molecule has 0 bridgehead atoms. The first-order chi connectivity index (χ1) is 13.9. The first kappa shape index (κ1) is 20.9. The first-order valence-electron chi connectivity index (χ1n) is 9.36. The van der Waals surface area contributed by atoms with Gasteiger partial charge in [-0.2, -0.15) is 4.31 Å². The molecule has 29 heavy (non-hydrogen) atoms. The van der Waals surface area contributed by atoms with Crippen LogP contribution in [0.5, 0.6) is 0 Å². The highest BCUT2D eigenvalue weighted by Gasteiger charge is 2.30. The van der Waals surface area contributed by atoms with Gasteiger partial charge in [-0.1, -0.05) is 30.3 Å². The zero-order valence-electron chi connectivity index (χ0n) is 16.1. The second kappa shape index (κ2) is 9.15. The predicted octanol–water partition coefficient (Wildman–Crippen LogP) is 0.708. The molecule has 0 aliphatic heterocycles. The molecular weight excluding hydrogens is 392 g/mol. The topological polar surface area (TPSA) is 108 Å². The second-order valence-electron chi connectivity index (χ2n) is 7.04. The minimum atomic E-state index is -3.85. The third kappa shape index (κ3) is 5.85. The summed E-state index contributed by atoms with van der Waals surface area (Å²) in [5.41, 5.74) is 0.903. The molecule has 1 atom stereocenters. The number of sulfonamides is 1. The molecule has 1 fully saturated rings. The van der Waals surface area contributed by atoms with Crippen molar-refractivity contribution in [3.05, 3.63) is 60.4 Å². The van der Waals surface area contributed by atoms with Gasteiger partial charge in [0, 0.05) is 31.9 Å². The smallest absolute Gasteiger partial charge is 0.244 e. The number of nitrogens with zero attached hydrogens (tertiary/aromatic N) is 2. The molecule has 9 heteroatoms. The van der Waals surface area contributed by atoms with Gasteiger partial charge in [0.1, 0.15) is 10.9 Å². The number of nitrogens with one attached hydrogen (secondary N) is 2. The molecule has 1 aliphatic carbocycles. The zero-order valence-corrected chi connectivity index (χ0v) is 16.9. The Bertz CT molecular complexity index is 947. The third-order valence-corrected chi connectivity index (χ3v) is 6.35. The van der Waals surface area contributed by atoms with Gasteiger partial charge < -0.3 is 10.6 Å². The fourth-order valence-corrected chi connectivity index (χ4v) is 3.89. The van der Waals surface area contributed by atoms with Crippen LogP contribution < -0.4 is 10.6 Å². The van der Waals surface area contributed by atoms with Crippen LogP contribution in [0, 0.1) is 0 Å². The van der Waals surface area contributed by atoms with E-state index < -0.39 is 28.5 Å². The number of hydrogen-bond donors (Lipinski definition) is 2. The molecule has 3 rings (SSSR count). The Labute approximate surface area is 170 Å². The van der Waals surface area contributed by atoms with Crippen molar-refractivity contribution in [2.45, 2.75) is 36.2 Å². The lowest BCUT2D eigenvalue weighted by Crippen LogP contribution is -2.51. The molecule has 0 saturated heterocycles. The summed E-state index contributed by atoms with van der Waals surface area (Å²) in [5, 5.41) is 5.58. The number of carbonyl (C=O) groups excluding carboxylic acids is 2. The SMILES string of the molecule is CN(CC(=O)NC(Cc1ccccc1)C(=O)NC1CC1)S(=O)(=O)c1cccnc1. The normalized spacial score (nSPS) is 15.0. The average Bonchev–Trinajstić information content (AvgIpc) is 3.52. The van der Waals surface area contributed by atoms with E-state index >= 15 is 0 Å². The molecule has 154 valence electrons. The third-order valence-electron chi connectivity index (χ3n) is 4.57. The Morgan fingerprint density at radius 2 is 1.90 bits per heavy atom. The van der Waals surface area contributed by atoms with Gasteiger partial charge >= 0.3 is 0 Å². The summed E-state index contributed by atoms with van der Waals surface area (Å²) < 4.78 is 26.1. The number of amides is 2. The van der Waals surface area contributed by atoms with E-state index in [4.69, 9.17) is 0 Å². The van der Waals surface area contributed by atoms with Crippen molar-refractivity contribution in [1.82, 2.24) is 19.9 Å². The molecule has 1 unspecified atom stereocenters. The summed E-state index contributed by atoms with van der Waals surface area (Å²) in [6.07, 6.45) is 4.89. The highest BCUT2D eigenvalue weighted by atomic mass is 32.2. The lowest BCUT2D eigenvalue weighted by molar-refractivity contribution is -0.129. The summed E-state index contributed by atoms with van der Waals surface area (Å²) in [4.78, 5) is 28.9. The van der Waals surface area contributed by atoms with Crippen LogP contribution in [0.1, 0.15) is 18.4 Å². The lowest BCUT2D eigenvalue weighted by atomic mass is 10.1. The number of pyridine rings is 1. The van der Waals surface area contributed by atoms with Gasteiger partial charge in [0.25, 0.3) is 0 Å². The van der Waals surface area contributed by atoms with Gasteiger partial charge in [0.05, 0.1) is 6.54 Å². The second-order valence-corrected chi connectivity index (χ2v) is 9.09. The molecule has 1 aliphatic rings. The number of carbonyl (C=O) groups is 2. The zero-order chi connectivity index (χ0) is 20.9. The minimum absolute atomic E-state index is 0.00242. The van der Waals surface area contributed by atoms with Crippen LogP contribution in [0.3, 0.4) is 0 Å². The Morgan fingerprint density at radius 3 is 2.52 bits per heavy atom. The Kier molecular flexibility index (Phi) is 6.60. The number of rotatable bonds is 9. The molecule has 0 spiro atoms. The lowest BCUT2D eigenvalue weighted by Gasteiger charge is -2.21. The van der Waals surface area contributed by atoms with Crippen molar-refractivity contribution in [3.8, 4) is 0 Å². The van der Waals surface area contributed by atoms with Crippen LogP contribution in [0.25, 0.3) is 0 Å². The summed E-state index contributed by atoms with van der Waals surface area (Å²) in [7, 11) is -2.53. The summed E-state index contributed by atoms with van der Waals surface area (Å²) in [6.45, 7) is -0.404. The van der Waals surface area contributed by atoms with Crippen molar-refractivity contribution in [3.63, 3.8) is 0 Å². The van der Waals surface area contributed by atoms with Gasteiger partial charge in [-0.15, -0.1) is 0 Å². The van der Waals surface area contributed by atoms with E-state index in [1.54, 1.807) is 0 Å². The van der Waals surface area contributed by atoms with Crippen LogP contribution >= 0.6 is 0 Å². The van der Waals surface area contributed by atoms with Crippen LogP contribution in [-0.4, -0.2) is 55.2 Å². The highest BCUT2D eigenvalue weighted by molar-refractivity contribution is 7.89. The van der Waals surface area contributed by atoms with E-state index in [-0.39, 0.29) is 16.8 Å². The minimum Gasteiger partial charge on any atom is -0.352 e. The number of aromatic nitrogens is 1. The maximum absolute atomic E-state index is 12.6. The van der Waals surface area contributed by atoms with Crippen LogP contribution in [0.2, 0.25) is 0 Å². The van der Waals surface area contributed by atoms with Crippen LogP contribution in [-0.2, 0) is 26.0 Å². The summed E-state index contributed by atoms with van der Waals surface area (Å²) in [5.74, 6) is -0.811. The molecule has 1 aromatic carbocycles. The van der Waals surface area contributed by atoms with Crippen molar-refractivity contribution in [2.24, 2.45) is 0 Å². The van der Waals surface area contributed by atoms with Gasteiger partial charge in [-0.05, 0) is 30.5 Å². The van der Waals surface area contributed by atoms with Gasteiger partial charge in [-0.3, -0.25) is 14.6 Å². The van der Waals surface area contributed by atoms with E-state index in [0.717, 1.165) is 22.7 Å².